The van der Waals surface area contributed by atoms with Crippen LogP contribution in [0.5, 0.6) is 0 Å². The fourth-order valence-electron chi connectivity index (χ4n) is 4.16. The quantitative estimate of drug-likeness (QED) is 0.613. The summed E-state index contributed by atoms with van der Waals surface area (Å²) in [6.45, 7) is 8.08. The maximum absolute atomic E-state index is 13.8. The Bertz CT molecular complexity index is 1130. The van der Waals surface area contributed by atoms with Gasteiger partial charge in [0.05, 0.1) is 23.8 Å². The first-order valence-electron chi connectivity index (χ1n) is 10.9. The number of fused-ring (bicyclic) bond motifs is 1. The summed E-state index contributed by atoms with van der Waals surface area (Å²) >= 11 is 0. The third-order valence-electron chi connectivity index (χ3n) is 5.58. The van der Waals surface area contributed by atoms with Gasteiger partial charge in [-0.25, -0.2) is 9.78 Å². The lowest BCUT2D eigenvalue weighted by molar-refractivity contribution is 0.0221. The third-order valence-corrected chi connectivity index (χ3v) is 5.58. The SMILES string of the molecule is Cc1nc2c(c(=O)n1C(c1ccccc1)c1ccccc1)CN(C(=O)OC(C)(C)C)CC2. The summed E-state index contributed by atoms with van der Waals surface area (Å²) in [6.07, 6.45) is 0.129. The molecule has 32 heavy (non-hydrogen) atoms. The van der Waals surface area contributed by atoms with Crippen molar-refractivity contribution >= 4 is 6.09 Å². The Morgan fingerprint density at radius 3 is 2.09 bits per heavy atom. The molecule has 166 valence electrons. The van der Waals surface area contributed by atoms with E-state index in [2.05, 4.69) is 0 Å². The summed E-state index contributed by atoms with van der Waals surface area (Å²) in [4.78, 5) is 32.9. The highest BCUT2D eigenvalue weighted by molar-refractivity contribution is 5.68. The van der Waals surface area contributed by atoms with Crippen LogP contribution < -0.4 is 5.56 Å². The first-order valence-corrected chi connectivity index (χ1v) is 10.9. The molecule has 0 saturated heterocycles. The number of aromatic nitrogens is 2. The van der Waals surface area contributed by atoms with E-state index in [1.165, 1.54) is 0 Å². The Labute approximate surface area is 188 Å². The van der Waals surface area contributed by atoms with Crippen molar-refractivity contribution in [1.29, 1.82) is 0 Å². The normalized spacial score (nSPS) is 13.7. The summed E-state index contributed by atoms with van der Waals surface area (Å²) in [5, 5.41) is 0. The molecule has 0 spiro atoms. The molecular formula is C26H29N3O3. The van der Waals surface area contributed by atoms with Crippen LogP contribution in [0.1, 0.15) is 55.0 Å². The topological polar surface area (TPSA) is 64.4 Å². The van der Waals surface area contributed by atoms with Gasteiger partial charge in [0, 0.05) is 13.0 Å². The number of benzene rings is 2. The molecule has 0 atom stereocenters. The minimum absolute atomic E-state index is 0.113. The van der Waals surface area contributed by atoms with Crippen LogP contribution in [0.15, 0.2) is 65.5 Å². The van der Waals surface area contributed by atoms with Gasteiger partial charge in [-0.2, -0.15) is 0 Å². The van der Waals surface area contributed by atoms with Crippen molar-refractivity contribution in [2.45, 2.75) is 52.3 Å². The van der Waals surface area contributed by atoms with Crippen molar-refractivity contribution in [3.8, 4) is 0 Å². The standard InChI is InChI=1S/C26H29N3O3/c1-18-27-22-15-16-28(25(31)32-26(2,3)4)17-21(22)24(30)29(18)23(19-11-7-5-8-12-19)20-13-9-6-10-14-20/h5-14,23H,15-17H2,1-4H3. The summed E-state index contributed by atoms with van der Waals surface area (Å²) in [5.74, 6) is 0.664. The van der Waals surface area contributed by atoms with Gasteiger partial charge in [0.25, 0.3) is 5.56 Å². The van der Waals surface area contributed by atoms with Gasteiger partial charge < -0.3 is 9.64 Å². The summed E-state index contributed by atoms with van der Waals surface area (Å²) in [6, 6.07) is 19.6. The molecule has 1 aromatic heterocycles. The average molecular weight is 432 g/mol. The van der Waals surface area contributed by atoms with Crippen molar-refractivity contribution in [2.24, 2.45) is 0 Å². The van der Waals surface area contributed by atoms with E-state index in [1.54, 1.807) is 9.47 Å². The van der Waals surface area contributed by atoms with Gasteiger partial charge in [-0.1, -0.05) is 60.7 Å². The average Bonchev–Trinajstić information content (AvgIpc) is 2.76. The Kier molecular flexibility index (Phi) is 5.87. The number of aryl methyl sites for hydroxylation is 1. The molecule has 0 unspecified atom stereocenters. The lowest BCUT2D eigenvalue weighted by Crippen LogP contribution is -2.44. The number of rotatable bonds is 3. The molecule has 1 aliphatic heterocycles. The highest BCUT2D eigenvalue weighted by Gasteiger charge is 2.30. The molecule has 0 bridgehead atoms. The van der Waals surface area contributed by atoms with E-state index in [0.29, 0.717) is 24.4 Å². The molecule has 0 N–H and O–H groups in total. The minimum atomic E-state index is -0.588. The highest BCUT2D eigenvalue weighted by atomic mass is 16.6. The maximum atomic E-state index is 13.8. The van der Waals surface area contributed by atoms with Gasteiger partial charge in [-0.3, -0.25) is 9.36 Å². The largest absolute Gasteiger partial charge is 0.444 e. The summed E-state index contributed by atoms with van der Waals surface area (Å²) in [7, 11) is 0. The van der Waals surface area contributed by atoms with Gasteiger partial charge in [-0.15, -0.1) is 0 Å². The molecule has 1 amide bonds. The van der Waals surface area contributed by atoms with Crippen molar-refractivity contribution in [1.82, 2.24) is 14.5 Å². The zero-order valence-corrected chi connectivity index (χ0v) is 19.0. The predicted octanol–water partition coefficient (Wildman–Crippen LogP) is 4.48. The summed E-state index contributed by atoms with van der Waals surface area (Å²) < 4.78 is 7.28. The molecule has 1 aliphatic rings. The summed E-state index contributed by atoms with van der Waals surface area (Å²) in [5.41, 5.74) is 2.64. The van der Waals surface area contributed by atoms with E-state index in [-0.39, 0.29) is 18.1 Å². The van der Waals surface area contributed by atoms with E-state index in [4.69, 9.17) is 9.72 Å². The molecule has 0 fully saturated rings. The molecule has 2 heterocycles. The molecule has 4 rings (SSSR count). The van der Waals surface area contributed by atoms with Crippen LogP contribution in [-0.4, -0.2) is 32.7 Å². The van der Waals surface area contributed by atoms with E-state index in [0.717, 1.165) is 16.8 Å². The van der Waals surface area contributed by atoms with E-state index in [1.807, 2.05) is 88.4 Å². The van der Waals surface area contributed by atoms with Crippen molar-refractivity contribution < 1.29 is 9.53 Å². The van der Waals surface area contributed by atoms with Crippen LogP contribution in [0, 0.1) is 6.92 Å². The Morgan fingerprint density at radius 1 is 1.00 bits per heavy atom. The number of hydrogen-bond acceptors (Lipinski definition) is 4. The van der Waals surface area contributed by atoms with Gasteiger partial charge in [0.2, 0.25) is 0 Å². The lowest BCUT2D eigenvalue weighted by atomic mass is 9.97. The molecule has 3 aromatic rings. The molecule has 6 nitrogen and oxygen atoms in total. The number of carbonyl (C=O) groups is 1. The second kappa shape index (κ2) is 8.61. The van der Waals surface area contributed by atoms with Crippen LogP contribution in [0.4, 0.5) is 4.79 Å². The van der Waals surface area contributed by atoms with Gasteiger partial charge in [-0.05, 0) is 38.8 Å². The number of carbonyl (C=O) groups excluding carboxylic acids is 1. The smallest absolute Gasteiger partial charge is 0.410 e. The highest BCUT2D eigenvalue weighted by Crippen LogP contribution is 2.27. The number of amides is 1. The fourth-order valence-corrected chi connectivity index (χ4v) is 4.16. The van der Waals surface area contributed by atoms with Crippen molar-refractivity contribution in [2.75, 3.05) is 6.54 Å². The molecule has 6 heteroatoms. The molecule has 2 aromatic carbocycles. The molecule has 0 saturated carbocycles. The molecule has 0 radical (unpaired) electrons. The molecular weight excluding hydrogens is 402 g/mol. The second-order valence-corrected chi connectivity index (χ2v) is 9.14. The zero-order valence-electron chi connectivity index (χ0n) is 19.0. The van der Waals surface area contributed by atoms with Crippen LogP contribution >= 0.6 is 0 Å². The Balaban J connectivity index is 1.80. The Morgan fingerprint density at radius 2 is 1.56 bits per heavy atom. The number of hydrogen-bond donors (Lipinski definition) is 0. The van der Waals surface area contributed by atoms with Crippen LogP contribution in [0.25, 0.3) is 0 Å². The van der Waals surface area contributed by atoms with Crippen LogP contribution in [0.3, 0.4) is 0 Å². The van der Waals surface area contributed by atoms with E-state index >= 15 is 0 Å². The predicted molar refractivity (Wildman–Crippen MR) is 124 cm³/mol. The van der Waals surface area contributed by atoms with E-state index < -0.39 is 11.7 Å². The van der Waals surface area contributed by atoms with Crippen LogP contribution in [-0.2, 0) is 17.7 Å². The first kappa shape index (κ1) is 21.8. The number of nitrogens with zero attached hydrogens (tertiary/aromatic N) is 3. The minimum Gasteiger partial charge on any atom is -0.444 e. The van der Waals surface area contributed by atoms with Gasteiger partial charge in [0.1, 0.15) is 11.4 Å². The third kappa shape index (κ3) is 4.44. The fraction of sp³-hybridized carbons (Fsp3) is 0.346. The van der Waals surface area contributed by atoms with Crippen molar-refractivity contribution in [3.05, 3.63) is 99.2 Å². The molecule has 0 aliphatic carbocycles. The van der Waals surface area contributed by atoms with Gasteiger partial charge in [0.15, 0.2) is 0 Å². The number of ether oxygens (including phenoxy) is 1. The van der Waals surface area contributed by atoms with Gasteiger partial charge >= 0.3 is 6.09 Å². The second-order valence-electron chi connectivity index (χ2n) is 9.14. The van der Waals surface area contributed by atoms with Crippen molar-refractivity contribution in [3.63, 3.8) is 0 Å². The Hall–Kier alpha value is -3.41. The monoisotopic (exact) mass is 431 g/mol. The first-order chi connectivity index (χ1) is 15.2. The van der Waals surface area contributed by atoms with E-state index in [9.17, 15) is 9.59 Å². The zero-order chi connectivity index (χ0) is 22.9. The maximum Gasteiger partial charge on any atom is 0.410 e. The van der Waals surface area contributed by atoms with Crippen LogP contribution in [0.2, 0.25) is 0 Å². The lowest BCUT2D eigenvalue weighted by Gasteiger charge is -2.32.